The molecule has 0 saturated carbocycles. The molecular weight excluding hydrogens is 430 g/mol. The summed E-state index contributed by atoms with van der Waals surface area (Å²) in [5.74, 6) is 1.63. The van der Waals surface area contributed by atoms with E-state index in [1.165, 1.54) is 5.56 Å². The Morgan fingerprint density at radius 3 is 2.65 bits per heavy atom. The average Bonchev–Trinajstić information content (AvgIpc) is 2.87. The first kappa shape index (κ1) is 21.3. The van der Waals surface area contributed by atoms with Gasteiger partial charge in [-0.2, -0.15) is 0 Å². The lowest BCUT2D eigenvalue weighted by molar-refractivity contribution is -0.148. The van der Waals surface area contributed by atoms with Gasteiger partial charge in [0.1, 0.15) is 13.2 Å². The van der Waals surface area contributed by atoms with E-state index in [0.29, 0.717) is 19.8 Å². The van der Waals surface area contributed by atoms with Gasteiger partial charge in [0.2, 0.25) is 5.91 Å². The second-order valence-corrected chi connectivity index (χ2v) is 9.82. The van der Waals surface area contributed by atoms with E-state index >= 15 is 0 Å². The molecule has 0 aromatic heterocycles. The average molecular weight is 462 g/mol. The van der Waals surface area contributed by atoms with Gasteiger partial charge in [0, 0.05) is 19.1 Å². The first-order valence-electron chi connectivity index (χ1n) is 12.4. The molecule has 34 heavy (non-hydrogen) atoms. The highest BCUT2D eigenvalue weighted by Crippen LogP contribution is 2.46. The van der Waals surface area contributed by atoms with Gasteiger partial charge in [-0.25, -0.2) is 4.79 Å². The van der Waals surface area contributed by atoms with Crippen LogP contribution in [-0.4, -0.2) is 54.1 Å². The summed E-state index contributed by atoms with van der Waals surface area (Å²) >= 11 is 0. The number of ether oxygens (including phenoxy) is 2. The van der Waals surface area contributed by atoms with Crippen LogP contribution in [0.2, 0.25) is 0 Å². The van der Waals surface area contributed by atoms with Gasteiger partial charge in [0.25, 0.3) is 0 Å². The second kappa shape index (κ2) is 8.53. The van der Waals surface area contributed by atoms with E-state index < -0.39 is 0 Å². The van der Waals surface area contributed by atoms with Crippen molar-refractivity contribution in [2.45, 2.75) is 50.7 Å². The van der Waals surface area contributed by atoms with Gasteiger partial charge >= 0.3 is 6.03 Å². The summed E-state index contributed by atoms with van der Waals surface area (Å²) < 4.78 is 11.6. The third-order valence-corrected chi connectivity index (χ3v) is 7.91. The van der Waals surface area contributed by atoms with Crippen LogP contribution in [0.5, 0.6) is 11.5 Å². The van der Waals surface area contributed by atoms with Crippen LogP contribution in [0.1, 0.15) is 55.0 Å². The summed E-state index contributed by atoms with van der Waals surface area (Å²) in [7, 11) is 0. The Kier molecular flexibility index (Phi) is 5.35. The number of benzene rings is 2. The minimum atomic E-state index is -0.124. The minimum absolute atomic E-state index is 0.0340. The van der Waals surface area contributed by atoms with Crippen LogP contribution < -0.4 is 14.8 Å². The van der Waals surface area contributed by atoms with Crippen LogP contribution in [0.4, 0.5) is 4.79 Å². The molecule has 4 heterocycles. The number of carbonyl (C=O) groups is 2. The van der Waals surface area contributed by atoms with Gasteiger partial charge in [0.05, 0.1) is 18.0 Å². The second-order valence-electron chi connectivity index (χ2n) is 9.82. The Labute approximate surface area is 200 Å². The number of carbonyl (C=O) groups excluding carboxylic acids is 2. The molecular formula is C27H31N3O4. The summed E-state index contributed by atoms with van der Waals surface area (Å²) in [6.07, 6.45) is 3.28. The number of amides is 3. The van der Waals surface area contributed by atoms with E-state index in [1.807, 2.05) is 47.1 Å². The molecule has 178 valence electrons. The smallest absolute Gasteiger partial charge is 0.318 e. The van der Waals surface area contributed by atoms with Crippen LogP contribution in [0, 0.1) is 5.92 Å². The zero-order chi connectivity index (χ0) is 23.2. The van der Waals surface area contributed by atoms with E-state index in [-0.39, 0.29) is 36.0 Å². The topological polar surface area (TPSA) is 71.1 Å². The Balaban J connectivity index is 1.27. The molecule has 4 aliphatic heterocycles. The number of hydrogen-bond acceptors (Lipinski definition) is 4. The number of nitrogens with one attached hydrogen (secondary N) is 1. The molecule has 7 nitrogen and oxygen atoms in total. The molecule has 2 aromatic carbocycles. The van der Waals surface area contributed by atoms with E-state index in [2.05, 4.69) is 17.4 Å². The summed E-state index contributed by atoms with van der Waals surface area (Å²) in [4.78, 5) is 31.0. The van der Waals surface area contributed by atoms with Crippen molar-refractivity contribution < 1.29 is 19.1 Å². The molecule has 2 aromatic rings. The highest BCUT2D eigenvalue weighted by molar-refractivity contribution is 5.84. The highest BCUT2D eigenvalue weighted by atomic mass is 16.6. The Hall–Kier alpha value is -3.22. The predicted molar refractivity (Wildman–Crippen MR) is 127 cm³/mol. The van der Waals surface area contributed by atoms with Crippen molar-refractivity contribution in [3.8, 4) is 11.5 Å². The van der Waals surface area contributed by atoms with Crippen molar-refractivity contribution in [3.63, 3.8) is 0 Å². The molecule has 2 saturated heterocycles. The van der Waals surface area contributed by atoms with Crippen LogP contribution in [0.3, 0.4) is 0 Å². The van der Waals surface area contributed by atoms with Crippen molar-refractivity contribution in [3.05, 3.63) is 59.2 Å². The first-order chi connectivity index (χ1) is 16.6. The van der Waals surface area contributed by atoms with Crippen molar-refractivity contribution >= 4 is 11.9 Å². The van der Waals surface area contributed by atoms with E-state index in [4.69, 9.17) is 9.47 Å². The maximum atomic E-state index is 13.6. The molecule has 0 aliphatic carbocycles. The lowest BCUT2D eigenvalue weighted by Gasteiger charge is -2.51. The fraction of sp³-hybridized carbons (Fsp3) is 0.481. The largest absolute Gasteiger partial charge is 0.486 e. The summed E-state index contributed by atoms with van der Waals surface area (Å²) in [5, 5.41) is 3.17. The molecule has 4 atom stereocenters. The monoisotopic (exact) mass is 461 g/mol. The number of piperidine rings is 2. The Morgan fingerprint density at radius 2 is 1.85 bits per heavy atom. The van der Waals surface area contributed by atoms with E-state index in [9.17, 15) is 9.59 Å². The Morgan fingerprint density at radius 1 is 1.09 bits per heavy atom. The normalized spacial score (nSPS) is 26.1. The summed E-state index contributed by atoms with van der Waals surface area (Å²) in [6.45, 7) is 4.51. The van der Waals surface area contributed by atoms with Crippen LogP contribution >= 0.6 is 0 Å². The number of fused-ring (bicyclic) bond motifs is 5. The van der Waals surface area contributed by atoms with Crippen molar-refractivity contribution in [1.82, 2.24) is 15.1 Å². The maximum Gasteiger partial charge on any atom is 0.318 e. The maximum absolute atomic E-state index is 13.6. The van der Waals surface area contributed by atoms with Crippen molar-refractivity contribution in [2.24, 2.45) is 5.92 Å². The molecule has 7 heteroatoms. The zero-order valence-electron chi connectivity index (χ0n) is 19.5. The lowest BCUT2D eigenvalue weighted by Crippen LogP contribution is -2.61. The Bertz CT molecular complexity index is 1100. The van der Waals surface area contributed by atoms with Gasteiger partial charge < -0.3 is 24.6 Å². The molecule has 6 rings (SSSR count). The fourth-order valence-electron chi connectivity index (χ4n) is 6.18. The van der Waals surface area contributed by atoms with Gasteiger partial charge in [0.15, 0.2) is 11.5 Å². The minimum Gasteiger partial charge on any atom is -0.486 e. The molecule has 0 radical (unpaired) electrons. The number of nitrogens with zero attached hydrogens (tertiary/aromatic N) is 2. The fourth-order valence-corrected chi connectivity index (χ4v) is 6.18. The molecule has 4 aliphatic rings. The van der Waals surface area contributed by atoms with Gasteiger partial charge in [-0.3, -0.25) is 4.79 Å². The molecule has 0 bridgehead atoms. The van der Waals surface area contributed by atoms with Crippen LogP contribution in [0.25, 0.3) is 0 Å². The van der Waals surface area contributed by atoms with E-state index in [1.54, 1.807) is 0 Å². The standard InChI is InChI=1S/C27H31N3O4/c1-17(18-6-3-2-4-7-18)28-27(32)30-10-5-8-20-22(30)16-23-21-15-25-24(33-12-13-34-25)14-19(21)9-11-29(23)26(20)31/h2-4,6-7,14-15,17,20,22-23H,5,8-13,16H2,1H3,(H,28,32)/t17-,20+,22+,23+/m1/s1. The first-order valence-corrected chi connectivity index (χ1v) is 12.4. The molecule has 0 unspecified atom stereocenters. The van der Waals surface area contributed by atoms with Gasteiger partial charge in [-0.1, -0.05) is 30.3 Å². The van der Waals surface area contributed by atoms with E-state index in [0.717, 1.165) is 54.9 Å². The third-order valence-electron chi connectivity index (χ3n) is 7.91. The zero-order valence-corrected chi connectivity index (χ0v) is 19.5. The number of hydrogen-bond donors (Lipinski definition) is 1. The lowest BCUT2D eigenvalue weighted by atomic mass is 9.76. The quantitative estimate of drug-likeness (QED) is 0.738. The molecule has 3 amide bonds. The van der Waals surface area contributed by atoms with Crippen molar-refractivity contribution in [2.75, 3.05) is 26.3 Å². The third kappa shape index (κ3) is 3.58. The van der Waals surface area contributed by atoms with Gasteiger partial charge in [-0.15, -0.1) is 0 Å². The number of urea groups is 1. The number of likely N-dealkylation sites (tertiary alicyclic amines) is 1. The molecule has 1 N–H and O–H groups in total. The molecule has 2 fully saturated rings. The van der Waals surface area contributed by atoms with Gasteiger partial charge in [-0.05, 0) is 61.4 Å². The van der Waals surface area contributed by atoms with Crippen LogP contribution in [0.15, 0.2) is 42.5 Å². The number of rotatable bonds is 2. The van der Waals surface area contributed by atoms with Crippen molar-refractivity contribution in [1.29, 1.82) is 0 Å². The predicted octanol–water partition coefficient (Wildman–Crippen LogP) is 3.84. The highest BCUT2D eigenvalue weighted by Gasteiger charge is 2.49. The molecule has 0 spiro atoms. The summed E-state index contributed by atoms with van der Waals surface area (Å²) in [5.41, 5.74) is 3.44. The SMILES string of the molecule is C[C@@H](NC(=O)N1CCC[C@@H]2C(=O)N3CCc4cc5c(cc4[C@@H]3C[C@@H]21)OCCO5)c1ccccc1. The van der Waals surface area contributed by atoms with Crippen LogP contribution in [-0.2, 0) is 11.2 Å². The summed E-state index contributed by atoms with van der Waals surface area (Å²) in [6, 6.07) is 13.9.